The van der Waals surface area contributed by atoms with Gasteiger partial charge in [-0.25, -0.2) is 14.8 Å². The van der Waals surface area contributed by atoms with Crippen LogP contribution in [0.4, 0.5) is 13.2 Å². The van der Waals surface area contributed by atoms with Gasteiger partial charge in [0.2, 0.25) is 5.82 Å². The van der Waals surface area contributed by atoms with Crippen molar-refractivity contribution in [3.05, 3.63) is 94.8 Å². The molecule has 0 aliphatic carbocycles. The van der Waals surface area contributed by atoms with Crippen LogP contribution in [0.15, 0.2) is 67.1 Å². The van der Waals surface area contributed by atoms with Crippen LogP contribution in [0.3, 0.4) is 0 Å². The number of halogens is 4. The van der Waals surface area contributed by atoms with Crippen molar-refractivity contribution >= 4 is 39.4 Å². The molecule has 6 rings (SSSR count). The summed E-state index contributed by atoms with van der Waals surface area (Å²) in [6, 6.07) is 14.9. The first-order valence-electron chi connectivity index (χ1n) is 12.5. The Morgan fingerprint density at radius 1 is 1.07 bits per heavy atom. The van der Waals surface area contributed by atoms with Crippen molar-refractivity contribution in [1.29, 1.82) is 0 Å². The molecule has 0 spiro atoms. The van der Waals surface area contributed by atoms with Crippen LogP contribution >= 0.6 is 11.6 Å². The van der Waals surface area contributed by atoms with E-state index >= 15 is 0 Å². The Kier molecular flexibility index (Phi) is 8.06. The first-order valence-corrected chi connectivity index (χ1v) is 12.8. The number of aromatic nitrogens is 4. The van der Waals surface area contributed by atoms with Crippen LogP contribution in [0, 0.1) is 0 Å². The van der Waals surface area contributed by atoms with Gasteiger partial charge in [0, 0.05) is 71.8 Å². The number of aromatic carboxylic acids is 1. The third kappa shape index (κ3) is 6.11. The number of rotatable bonds is 5. The largest absolute Gasteiger partial charge is 0.478 e. The Labute approximate surface area is 231 Å². The predicted molar refractivity (Wildman–Crippen MR) is 144 cm³/mol. The van der Waals surface area contributed by atoms with E-state index in [-0.39, 0.29) is 16.6 Å². The number of carboxylic acid groups (broad SMARTS) is 1. The minimum atomic E-state index is -4.54. The maximum Gasteiger partial charge on any atom is 0.451 e. The zero-order valence-electron chi connectivity index (χ0n) is 21.1. The second kappa shape index (κ2) is 11.7. The number of carbonyl (C=O) groups is 1. The normalized spacial score (nSPS) is 15.1. The van der Waals surface area contributed by atoms with E-state index in [2.05, 4.69) is 30.9 Å². The molecular formula is C28H25ClF3N5O3. The summed E-state index contributed by atoms with van der Waals surface area (Å²) in [4.78, 5) is 26.3. The molecule has 1 unspecified atom stereocenters. The van der Waals surface area contributed by atoms with E-state index in [1.165, 1.54) is 18.5 Å². The Morgan fingerprint density at radius 2 is 1.80 bits per heavy atom. The monoisotopic (exact) mass is 571 g/mol. The van der Waals surface area contributed by atoms with Gasteiger partial charge in [-0.15, -0.1) is 0 Å². The third-order valence-corrected chi connectivity index (χ3v) is 7.10. The number of H-pyrrole nitrogens is 2. The Bertz CT molecular complexity index is 1580. The lowest BCUT2D eigenvalue weighted by molar-refractivity contribution is -0.145. The maximum atomic E-state index is 12.8. The third-order valence-electron chi connectivity index (χ3n) is 6.69. The number of nitrogens with one attached hydrogen (secondary N) is 2. The molecule has 1 aliphatic heterocycles. The molecule has 12 heteroatoms. The van der Waals surface area contributed by atoms with Gasteiger partial charge >= 0.3 is 12.1 Å². The fourth-order valence-electron chi connectivity index (χ4n) is 4.72. The molecule has 0 radical (unpaired) electrons. The van der Waals surface area contributed by atoms with Gasteiger partial charge in [0.25, 0.3) is 0 Å². The zero-order chi connectivity index (χ0) is 28.3. The number of morpholine rings is 1. The summed E-state index contributed by atoms with van der Waals surface area (Å²) in [7, 11) is 0. The summed E-state index contributed by atoms with van der Waals surface area (Å²) in [6.45, 7) is 2.63. The highest BCUT2D eigenvalue weighted by Crippen LogP contribution is 2.30. The van der Waals surface area contributed by atoms with Gasteiger partial charge in [0.1, 0.15) is 0 Å². The zero-order valence-corrected chi connectivity index (χ0v) is 21.8. The fraction of sp³-hybridized carbons (Fsp3) is 0.250. The van der Waals surface area contributed by atoms with E-state index < -0.39 is 18.0 Å². The molecule has 2 aromatic carbocycles. The summed E-state index contributed by atoms with van der Waals surface area (Å²) >= 11 is 5.88. The van der Waals surface area contributed by atoms with E-state index in [4.69, 9.17) is 21.4 Å². The van der Waals surface area contributed by atoms with Gasteiger partial charge < -0.3 is 19.8 Å². The highest BCUT2D eigenvalue weighted by Gasteiger charge is 2.35. The molecule has 1 atom stereocenters. The molecule has 1 saturated heterocycles. The van der Waals surface area contributed by atoms with Crippen molar-refractivity contribution in [1.82, 2.24) is 24.8 Å². The van der Waals surface area contributed by atoms with Gasteiger partial charge in [-0.3, -0.25) is 4.90 Å². The number of aromatic amines is 2. The summed E-state index contributed by atoms with van der Waals surface area (Å²) in [5, 5.41) is 10.9. The fourth-order valence-corrected chi connectivity index (χ4v) is 5.03. The molecule has 0 amide bonds. The van der Waals surface area contributed by atoms with E-state index in [0.29, 0.717) is 38.3 Å². The lowest BCUT2D eigenvalue weighted by atomic mass is 10.0. The van der Waals surface area contributed by atoms with Crippen molar-refractivity contribution < 1.29 is 27.8 Å². The van der Waals surface area contributed by atoms with E-state index in [1.807, 2.05) is 24.3 Å². The van der Waals surface area contributed by atoms with Gasteiger partial charge in [-0.1, -0.05) is 29.8 Å². The Hall–Kier alpha value is -3.93. The second-order valence-corrected chi connectivity index (χ2v) is 9.64. The van der Waals surface area contributed by atoms with Crippen LogP contribution in [0.2, 0.25) is 5.02 Å². The lowest BCUT2D eigenvalue weighted by Gasteiger charge is -2.34. The summed E-state index contributed by atoms with van der Waals surface area (Å²) in [5.74, 6) is -2.12. The highest BCUT2D eigenvalue weighted by atomic mass is 35.5. The van der Waals surface area contributed by atoms with Crippen molar-refractivity contribution in [2.24, 2.45) is 0 Å². The minimum Gasteiger partial charge on any atom is -0.478 e. The summed E-state index contributed by atoms with van der Waals surface area (Å²) in [5.41, 5.74) is 3.71. The van der Waals surface area contributed by atoms with E-state index in [0.717, 1.165) is 27.5 Å². The molecule has 0 bridgehead atoms. The number of fused-ring (bicyclic) bond motifs is 2. The maximum absolute atomic E-state index is 12.8. The SMILES string of the molecule is FC(F)(F)c1ncc(C(Cc2cc3ccccc3[nH]2)N2CCOCC2)cn1.O=C(O)c1ccc2[nH]ccc2c1Cl. The van der Waals surface area contributed by atoms with Crippen LogP contribution in [0.25, 0.3) is 21.8 Å². The molecule has 3 aromatic heterocycles. The first-order chi connectivity index (χ1) is 19.2. The smallest absolute Gasteiger partial charge is 0.451 e. The van der Waals surface area contributed by atoms with Crippen molar-refractivity contribution in [2.75, 3.05) is 26.3 Å². The number of alkyl halides is 3. The highest BCUT2D eigenvalue weighted by molar-refractivity contribution is 6.38. The van der Waals surface area contributed by atoms with Crippen molar-refractivity contribution in [3.63, 3.8) is 0 Å². The molecule has 5 aromatic rings. The van der Waals surface area contributed by atoms with Gasteiger partial charge in [0.05, 0.1) is 23.8 Å². The molecule has 8 nitrogen and oxygen atoms in total. The molecule has 0 saturated carbocycles. The van der Waals surface area contributed by atoms with Crippen LogP contribution in [-0.4, -0.2) is 62.2 Å². The number of ether oxygens (including phenoxy) is 1. The van der Waals surface area contributed by atoms with Crippen LogP contribution in [0.1, 0.15) is 33.5 Å². The number of benzene rings is 2. The number of hydrogen-bond acceptors (Lipinski definition) is 5. The second-order valence-electron chi connectivity index (χ2n) is 9.26. The van der Waals surface area contributed by atoms with Crippen LogP contribution in [0.5, 0.6) is 0 Å². The van der Waals surface area contributed by atoms with Crippen molar-refractivity contribution in [2.45, 2.75) is 18.6 Å². The number of carboxylic acids is 1. The van der Waals surface area contributed by atoms with E-state index in [9.17, 15) is 18.0 Å². The molecule has 40 heavy (non-hydrogen) atoms. The Morgan fingerprint density at radius 3 is 2.48 bits per heavy atom. The average molecular weight is 572 g/mol. The average Bonchev–Trinajstić information content (AvgIpc) is 3.59. The van der Waals surface area contributed by atoms with E-state index in [1.54, 1.807) is 18.3 Å². The number of hydrogen-bond donors (Lipinski definition) is 3. The Balaban J connectivity index is 0.000000207. The van der Waals surface area contributed by atoms with Gasteiger partial charge in [0.15, 0.2) is 0 Å². The summed E-state index contributed by atoms with van der Waals surface area (Å²) < 4.78 is 43.8. The van der Waals surface area contributed by atoms with Crippen molar-refractivity contribution in [3.8, 4) is 0 Å². The van der Waals surface area contributed by atoms with Crippen LogP contribution in [-0.2, 0) is 17.3 Å². The lowest BCUT2D eigenvalue weighted by Crippen LogP contribution is -2.40. The number of para-hydroxylation sites is 1. The quantitative estimate of drug-likeness (QED) is 0.235. The molecule has 1 fully saturated rings. The predicted octanol–water partition coefficient (Wildman–Crippen LogP) is 6.11. The summed E-state index contributed by atoms with van der Waals surface area (Å²) in [6.07, 6.45) is 0.396. The molecule has 208 valence electrons. The molecular weight excluding hydrogens is 547 g/mol. The standard InChI is InChI=1S/C19H19F3N4O.C9H6ClNO2/c20-19(21,22)18-23-11-14(12-24-18)17(26-5-7-27-8-6-26)10-15-9-13-3-1-2-4-16(13)25-15;10-8-5-3-4-11-7(5)2-1-6(8)9(12)13/h1-4,9,11-12,17,25H,5-8,10H2;1-4,11H,(H,12,13). The first kappa shape index (κ1) is 27.6. The van der Waals surface area contributed by atoms with Crippen LogP contribution < -0.4 is 0 Å². The van der Waals surface area contributed by atoms with Gasteiger partial charge in [-0.05, 0) is 35.7 Å². The minimum absolute atomic E-state index is 0.121. The topological polar surface area (TPSA) is 107 Å². The molecule has 3 N–H and O–H groups in total. The number of nitrogens with zero attached hydrogens (tertiary/aromatic N) is 3. The van der Waals surface area contributed by atoms with Gasteiger partial charge in [-0.2, -0.15) is 13.2 Å². The molecule has 4 heterocycles. The molecule has 1 aliphatic rings.